The molecule has 1 heterocycles. The van der Waals surface area contributed by atoms with Crippen LogP contribution in [0.4, 0.5) is 0 Å². The minimum Gasteiger partial charge on any atom is -0.353 e. The highest BCUT2D eigenvalue weighted by molar-refractivity contribution is 5.88. The van der Waals surface area contributed by atoms with Gasteiger partial charge in [0.2, 0.25) is 11.8 Å². The van der Waals surface area contributed by atoms with Crippen molar-refractivity contribution in [2.75, 3.05) is 26.2 Å². The van der Waals surface area contributed by atoms with E-state index in [0.717, 1.165) is 32.4 Å². The van der Waals surface area contributed by atoms with E-state index in [1.165, 1.54) is 0 Å². The smallest absolute Gasteiger partial charge is 0.242 e. The summed E-state index contributed by atoms with van der Waals surface area (Å²) in [5.41, 5.74) is 0. The Morgan fingerprint density at radius 1 is 1.25 bits per heavy atom. The van der Waals surface area contributed by atoms with Crippen molar-refractivity contribution in [1.29, 1.82) is 0 Å². The molecule has 1 saturated heterocycles. The maximum absolute atomic E-state index is 12.1. The fourth-order valence-corrected chi connectivity index (χ4v) is 2.33. The zero-order valence-corrected chi connectivity index (χ0v) is 13.6. The van der Waals surface area contributed by atoms with Gasteiger partial charge >= 0.3 is 0 Å². The van der Waals surface area contributed by atoms with Gasteiger partial charge in [-0.2, -0.15) is 0 Å². The number of likely N-dealkylation sites (tertiary alicyclic amines) is 1. The van der Waals surface area contributed by atoms with E-state index in [-0.39, 0.29) is 36.2 Å². The van der Waals surface area contributed by atoms with Gasteiger partial charge in [0, 0.05) is 25.6 Å². The van der Waals surface area contributed by atoms with Gasteiger partial charge in [-0.05, 0) is 25.8 Å². The van der Waals surface area contributed by atoms with E-state index < -0.39 is 0 Å². The van der Waals surface area contributed by atoms with Crippen molar-refractivity contribution in [3.8, 4) is 0 Å². The lowest BCUT2D eigenvalue weighted by Crippen LogP contribution is -2.48. The van der Waals surface area contributed by atoms with Crippen molar-refractivity contribution in [1.82, 2.24) is 15.5 Å². The number of carbonyl (C=O) groups excluding carboxylic acids is 2. The number of carbonyl (C=O) groups is 2. The van der Waals surface area contributed by atoms with Crippen LogP contribution in [0.1, 0.15) is 40.0 Å². The highest BCUT2D eigenvalue weighted by Crippen LogP contribution is 2.19. The molecule has 6 heteroatoms. The molecule has 0 aromatic heterocycles. The minimum atomic E-state index is -0.263. The molecule has 1 rings (SSSR count). The molecule has 0 aromatic carbocycles. The predicted octanol–water partition coefficient (Wildman–Crippen LogP) is 1.17. The summed E-state index contributed by atoms with van der Waals surface area (Å²) in [5, 5.41) is 6.15. The normalized spacial score (nSPS) is 18.0. The first-order valence-corrected chi connectivity index (χ1v) is 7.36. The summed E-state index contributed by atoms with van der Waals surface area (Å²) in [7, 11) is 0. The van der Waals surface area contributed by atoms with Crippen LogP contribution in [0, 0.1) is 5.92 Å². The van der Waals surface area contributed by atoms with E-state index in [9.17, 15) is 9.59 Å². The molecule has 0 spiro atoms. The quantitative estimate of drug-likeness (QED) is 0.694. The third-order valence-corrected chi connectivity index (χ3v) is 3.36. The summed E-state index contributed by atoms with van der Waals surface area (Å²) in [6, 6.07) is -0.263. The largest absolute Gasteiger partial charge is 0.353 e. The van der Waals surface area contributed by atoms with Crippen LogP contribution in [0.3, 0.4) is 0 Å². The molecule has 0 saturated carbocycles. The molecule has 2 N–H and O–H groups in total. The number of halogens is 1. The molecule has 1 unspecified atom stereocenters. The molecule has 1 aliphatic rings. The van der Waals surface area contributed by atoms with Gasteiger partial charge in [0.05, 0.1) is 0 Å². The molecule has 20 heavy (non-hydrogen) atoms. The van der Waals surface area contributed by atoms with Gasteiger partial charge in [0.25, 0.3) is 0 Å². The fourth-order valence-electron chi connectivity index (χ4n) is 2.33. The summed E-state index contributed by atoms with van der Waals surface area (Å²) < 4.78 is 0. The molecule has 0 bridgehead atoms. The summed E-state index contributed by atoms with van der Waals surface area (Å²) in [6.07, 6.45) is 2.80. The maximum Gasteiger partial charge on any atom is 0.242 e. The Bertz CT molecular complexity index is 311. The molecule has 0 aromatic rings. The van der Waals surface area contributed by atoms with Crippen molar-refractivity contribution in [2.24, 2.45) is 5.92 Å². The third kappa shape index (κ3) is 5.67. The van der Waals surface area contributed by atoms with Gasteiger partial charge in [-0.15, -0.1) is 12.4 Å². The first-order chi connectivity index (χ1) is 9.07. The van der Waals surface area contributed by atoms with Crippen molar-refractivity contribution in [3.63, 3.8) is 0 Å². The van der Waals surface area contributed by atoms with E-state index >= 15 is 0 Å². The Labute approximate surface area is 128 Å². The van der Waals surface area contributed by atoms with Crippen LogP contribution < -0.4 is 10.6 Å². The van der Waals surface area contributed by atoms with Gasteiger partial charge < -0.3 is 15.5 Å². The first-order valence-electron chi connectivity index (χ1n) is 7.36. The van der Waals surface area contributed by atoms with Crippen LogP contribution in [0.25, 0.3) is 0 Å². The summed E-state index contributed by atoms with van der Waals surface area (Å²) >= 11 is 0. The lowest BCUT2D eigenvalue weighted by Gasteiger charge is -2.25. The molecule has 118 valence electrons. The third-order valence-electron chi connectivity index (χ3n) is 3.36. The second-order valence-corrected chi connectivity index (χ2v) is 5.39. The Morgan fingerprint density at radius 2 is 1.95 bits per heavy atom. The van der Waals surface area contributed by atoms with Crippen LogP contribution in [0.2, 0.25) is 0 Å². The Kier molecular flexibility index (Phi) is 9.59. The van der Waals surface area contributed by atoms with Crippen LogP contribution in [0.5, 0.6) is 0 Å². The zero-order chi connectivity index (χ0) is 14.3. The second kappa shape index (κ2) is 10.00. The summed E-state index contributed by atoms with van der Waals surface area (Å²) in [6.45, 7) is 8.96. The molecule has 2 amide bonds. The van der Waals surface area contributed by atoms with Crippen molar-refractivity contribution in [3.05, 3.63) is 0 Å². The van der Waals surface area contributed by atoms with E-state index in [1.54, 1.807) is 4.90 Å². The van der Waals surface area contributed by atoms with E-state index in [0.29, 0.717) is 13.1 Å². The monoisotopic (exact) mass is 305 g/mol. The standard InChI is InChI=1S/C14H27N3O2.ClH/c1-4-7-15-8-9-16-13(18)12-6-5-10-17(12)14(19)11(2)3;/h11-12,15H,4-10H2,1-3H3,(H,16,18);1H. The molecule has 5 nitrogen and oxygen atoms in total. The molecule has 0 aliphatic carbocycles. The highest BCUT2D eigenvalue weighted by atomic mass is 35.5. The highest BCUT2D eigenvalue weighted by Gasteiger charge is 2.34. The lowest BCUT2D eigenvalue weighted by molar-refractivity contribution is -0.140. The molecule has 1 fully saturated rings. The van der Waals surface area contributed by atoms with Crippen LogP contribution in [-0.2, 0) is 9.59 Å². The van der Waals surface area contributed by atoms with Gasteiger partial charge in [0.1, 0.15) is 6.04 Å². The fraction of sp³-hybridized carbons (Fsp3) is 0.857. The molecular formula is C14H28ClN3O2. The number of rotatable bonds is 7. The topological polar surface area (TPSA) is 61.4 Å². The summed E-state index contributed by atoms with van der Waals surface area (Å²) in [5.74, 6) is 0.0335. The van der Waals surface area contributed by atoms with Gasteiger partial charge in [-0.1, -0.05) is 20.8 Å². The number of amides is 2. The minimum absolute atomic E-state index is 0. The Morgan fingerprint density at radius 3 is 2.55 bits per heavy atom. The van der Waals surface area contributed by atoms with E-state index in [1.807, 2.05) is 13.8 Å². The average Bonchev–Trinajstić information content (AvgIpc) is 2.86. The first kappa shape index (κ1) is 19.2. The number of nitrogens with zero attached hydrogens (tertiary/aromatic N) is 1. The van der Waals surface area contributed by atoms with Crippen molar-refractivity contribution < 1.29 is 9.59 Å². The number of hydrogen-bond donors (Lipinski definition) is 2. The van der Waals surface area contributed by atoms with Crippen molar-refractivity contribution >= 4 is 24.2 Å². The number of nitrogens with one attached hydrogen (secondary N) is 2. The summed E-state index contributed by atoms with van der Waals surface area (Å²) in [4.78, 5) is 25.8. The molecular weight excluding hydrogens is 278 g/mol. The maximum atomic E-state index is 12.1. The van der Waals surface area contributed by atoms with Gasteiger partial charge in [-0.25, -0.2) is 0 Å². The van der Waals surface area contributed by atoms with E-state index in [4.69, 9.17) is 0 Å². The molecule has 0 radical (unpaired) electrons. The Balaban J connectivity index is 0.00000361. The Hall–Kier alpha value is -0.810. The second-order valence-electron chi connectivity index (χ2n) is 5.39. The zero-order valence-electron chi connectivity index (χ0n) is 12.8. The predicted molar refractivity (Wildman–Crippen MR) is 83.0 cm³/mol. The molecule has 1 aliphatic heterocycles. The van der Waals surface area contributed by atoms with Gasteiger partial charge in [-0.3, -0.25) is 9.59 Å². The van der Waals surface area contributed by atoms with Crippen molar-refractivity contribution in [2.45, 2.75) is 46.1 Å². The average molecular weight is 306 g/mol. The van der Waals surface area contributed by atoms with Gasteiger partial charge in [0.15, 0.2) is 0 Å². The van der Waals surface area contributed by atoms with Crippen LogP contribution >= 0.6 is 12.4 Å². The lowest BCUT2D eigenvalue weighted by atomic mass is 10.1. The number of hydrogen-bond acceptors (Lipinski definition) is 3. The van der Waals surface area contributed by atoms with Crippen LogP contribution in [-0.4, -0.2) is 48.9 Å². The van der Waals surface area contributed by atoms with Crippen LogP contribution in [0.15, 0.2) is 0 Å². The molecule has 1 atom stereocenters. The SMILES string of the molecule is CCCNCCNC(=O)C1CCCN1C(=O)C(C)C.Cl. The van der Waals surface area contributed by atoms with E-state index in [2.05, 4.69) is 17.6 Å².